The smallest absolute Gasteiger partial charge is 0.274 e. The molecule has 5 nitrogen and oxygen atoms in total. The molecule has 1 N–H and O–H groups in total. The number of para-hydroxylation sites is 1. The zero-order valence-electron chi connectivity index (χ0n) is 15.1. The van der Waals surface area contributed by atoms with Crippen molar-refractivity contribution in [1.29, 1.82) is 0 Å². The van der Waals surface area contributed by atoms with Crippen LogP contribution in [0.2, 0.25) is 0 Å². The summed E-state index contributed by atoms with van der Waals surface area (Å²) in [6, 6.07) is 19.8. The summed E-state index contributed by atoms with van der Waals surface area (Å²) >= 11 is 1.55. The van der Waals surface area contributed by atoms with Crippen LogP contribution in [0, 0.1) is 0 Å². The van der Waals surface area contributed by atoms with Gasteiger partial charge in [-0.05, 0) is 24.1 Å². The first-order valence-corrected chi connectivity index (χ1v) is 10.0. The molecule has 0 saturated carbocycles. The molecule has 0 fully saturated rings. The van der Waals surface area contributed by atoms with Crippen molar-refractivity contribution in [3.63, 3.8) is 0 Å². The number of fused-ring (bicyclic) bond motifs is 3. The highest BCUT2D eigenvalue weighted by atomic mass is 32.1. The summed E-state index contributed by atoms with van der Waals surface area (Å²) in [5.74, 6) is 0.593. The highest BCUT2D eigenvalue weighted by Gasteiger charge is 2.34. The lowest BCUT2D eigenvalue weighted by atomic mass is 10.1. The van der Waals surface area contributed by atoms with Gasteiger partial charge in [-0.2, -0.15) is 0 Å². The van der Waals surface area contributed by atoms with E-state index in [4.69, 9.17) is 4.99 Å². The average Bonchev–Trinajstić information content (AvgIpc) is 2.95. The molecule has 2 aliphatic rings. The van der Waals surface area contributed by atoms with Crippen LogP contribution in [0.1, 0.15) is 23.0 Å². The molecule has 0 spiro atoms. The van der Waals surface area contributed by atoms with Gasteiger partial charge in [-0.1, -0.05) is 72.0 Å². The van der Waals surface area contributed by atoms with Crippen LogP contribution in [-0.4, -0.2) is 22.9 Å². The Morgan fingerprint density at radius 3 is 2.57 bits per heavy atom. The van der Waals surface area contributed by atoms with Gasteiger partial charge in [0.2, 0.25) is 0 Å². The van der Waals surface area contributed by atoms with Crippen molar-refractivity contribution in [1.82, 2.24) is 9.88 Å². The molecule has 1 amide bonds. The second-order valence-corrected chi connectivity index (χ2v) is 7.63. The number of allylic oxidation sites excluding steroid dienone is 1. The summed E-state index contributed by atoms with van der Waals surface area (Å²) < 4.78 is 2.06. The van der Waals surface area contributed by atoms with Crippen molar-refractivity contribution in [3.05, 3.63) is 83.3 Å². The number of aliphatic imine (C=N–C) groups is 1. The molecule has 0 saturated heterocycles. The van der Waals surface area contributed by atoms with E-state index in [9.17, 15) is 4.79 Å². The van der Waals surface area contributed by atoms with Crippen LogP contribution in [-0.2, 0) is 0 Å². The van der Waals surface area contributed by atoms with E-state index in [0.717, 1.165) is 33.2 Å². The highest BCUT2D eigenvalue weighted by molar-refractivity contribution is 7.13. The number of thiazole rings is 1. The van der Waals surface area contributed by atoms with Gasteiger partial charge in [0.15, 0.2) is 4.80 Å². The standard InChI is InChI=1S/C22H18N4OS/c27-21-18-19(15-9-3-1-4-10-15)28-22(24-16-11-5-2-6-12-16)26(18)17-13-7-8-14-23-20(17)25-21/h1-12,17H,13-14H2,(H,23,25,27)/b24-22-. The number of amidine groups is 1. The number of nitrogens with one attached hydrogen (secondary N) is 1. The molecule has 2 aromatic carbocycles. The number of hydrogen-bond donors (Lipinski definition) is 1. The maximum atomic E-state index is 13.0. The largest absolute Gasteiger partial charge is 0.307 e. The van der Waals surface area contributed by atoms with Gasteiger partial charge in [0.05, 0.1) is 23.2 Å². The fourth-order valence-corrected chi connectivity index (χ4v) is 4.76. The van der Waals surface area contributed by atoms with Crippen molar-refractivity contribution in [2.75, 3.05) is 6.54 Å². The lowest BCUT2D eigenvalue weighted by Crippen LogP contribution is -2.46. The number of rotatable bonds is 2. The Morgan fingerprint density at radius 2 is 1.79 bits per heavy atom. The Hall–Kier alpha value is -3.25. The van der Waals surface area contributed by atoms with Gasteiger partial charge >= 0.3 is 0 Å². The van der Waals surface area contributed by atoms with E-state index in [1.165, 1.54) is 0 Å². The van der Waals surface area contributed by atoms with E-state index in [1.807, 2.05) is 66.7 Å². The van der Waals surface area contributed by atoms with Crippen LogP contribution < -0.4 is 10.1 Å². The quantitative estimate of drug-likeness (QED) is 0.663. The average molecular weight is 386 g/mol. The van der Waals surface area contributed by atoms with E-state index < -0.39 is 0 Å². The molecule has 1 unspecified atom stereocenters. The fraction of sp³-hybridized carbons (Fsp3) is 0.136. The van der Waals surface area contributed by atoms with Crippen LogP contribution >= 0.6 is 11.3 Å². The summed E-state index contributed by atoms with van der Waals surface area (Å²) in [4.78, 5) is 24.2. The number of amides is 1. The van der Waals surface area contributed by atoms with Gasteiger partial charge in [0.1, 0.15) is 11.5 Å². The van der Waals surface area contributed by atoms with E-state index in [-0.39, 0.29) is 11.9 Å². The number of carbonyl (C=O) groups excluding carboxylic acids is 1. The van der Waals surface area contributed by atoms with Crippen LogP contribution in [0.3, 0.4) is 0 Å². The summed E-state index contributed by atoms with van der Waals surface area (Å²) in [7, 11) is 0. The van der Waals surface area contributed by atoms with Crippen LogP contribution in [0.5, 0.6) is 0 Å². The van der Waals surface area contributed by atoms with E-state index in [1.54, 1.807) is 11.3 Å². The summed E-state index contributed by atoms with van der Waals surface area (Å²) in [6.07, 6.45) is 4.94. The predicted molar refractivity (Wildman–Crippen MR) is 112 cm³/mol. The molecule has 1 atom stereocenters. The summed E-state index contributed by atoms with van der Waals surface area (Å²) in [5.41, 5.74) is 2.54. The van der Waals surface area contributed by atoms with Gasteiger partial charge in [-0.3, -0.25) is 9.79 Å². The molecule has 0 radical (unpaired) electrons. The zero-order chi connectivity index (χ0) is 18.9. The maximum absolute atomic E-state index is 13.0. The van der Waals surface area contributed by atoms with Gasteiger partial charge in [0, 0.05) is 0 Å². The summed E-state index contributed by atoms with van der Waals surface area (Å²) in [5, 5.41) is 3.02. The molecule has 3 heterocycles. The first kappa shape index (κ1) is 16.9. The number of benzene rings is 2. The molecule has 0 bridgehead atoms. The summed E-state index contributed by atoms with van der Waals surface area (Å²) in [6.45, 7) is 0.586. The number of carbonyl (C=O) groups is 1. The minimum Gasteiger partial charge on any atom is -0.307 e. The maximum Gasteiger partial charge on any atom is 0.274 e. The van der Waals surface area contributed by atoms with Crippen molar-refractivity contribution in [2.24, 2.45) is 9.98 Å². The zero-order valence-corrected chi connectivity index (χ0v) is 15.9. The van der Waals surface area contributed by atoms with Crippen molar-refractivity contribution < 1.29 is 4.79 Å². The third-order valence-electron chi connectivity index (χ3n) is 4.85. The van der Waals surface area contributed by atoms with Crippen molar-refractivity contribution >= 4 is 28.8 Å². The van der Waals surface area contributed by atoms with E-state index >= 15 is 0 Å². The Kier molecular flexibility index (Phi) is 4.25. The minimum absolute atomic E-state index is 0.0531. The highest BCUT2D eigenvalue weighted by Crippen LogP contribution is 2.33. The first-order valence-electron chi connectivity index (χ1n) is 9.22. The molecule has 6 heteroatoms. The molecule has 1 aromatic heterocycles. The number of aromatic nitrogens is 1. The van der Waals surface area contributed by atoms with Crippen LogP contribution in [0.15, 0.2) is 82.8 Å². The monoisotopic (exact) mass is 386 g/mol. The molecule has 2 aliphatic heterocycles. The Balaban J connectivity index is 1.80. The third kappa shape index (κ3) is 2.92. The van der Waals surface area contributed by atoms with Gasteiger partial charge < -0.3 is 9.88 Å². The Morgan fingerprint density at radius 1 is 1.04 bits per heavy atom. The van der Waals surface area contributed by atoms with Crippen LogP contribution in [0.4, 0.5) is 5.69 Å². The molecule has 3 aromatic rings. The molecular formula is C22H18N4OS. The van der Waals surface area contributed by atoms with Crippen LogP contribution in [0.25, 0.3) is 10.4 Å². The second-order valence-electron chi connectivity index (χ2n) is 6.65. The lowest BCUT2D eigenvalue weighted by Gasteiger charge is -2.27. The Bertz CT molecular complexity index is 1160. The minimum atomic E-state index is -0.124. The normalized spacial score (nSPS) is 18.7. The molecule has 0 aliphatic carbocycles. The van der Waals surface area contributed by atoms with Gasteiger partial charge in [0.25, 0.3) is 5.91 Å². The lowest BCUT2D eigenvalue weighted by molar-refractivity contribution is 0.0956. The van der Waals surface area contributed by atoms with Crippen molar-refractivity contribution in [3.8, 4) is 10.4 Å². The first-order chi connectivity index (χ1) is 13.8. The van der Waals surface area contributed by atoms with Crippen molar-refractivity contribution in [2.45, 2.75) is 12.5 Å². The molecular weight excluding hydrogens is 368 g/mol. The topological polar surface area (TPSA) is 58.8 Å². The second kappa shape index (κ2) is 7.05. The molecule has 28 heavy (non-hydrogen) atoms. The number of hydrogen-bond acceptors (Lipinski definition) is 4. The fourth-order valence-electron chi connectivity index (χ4n) is 3.56. The van der Waals surface area contributed by atoms with E-state index in [0.29, 0.717) is 12.2 Å². The molecule has 138 valence electrons. The SMILES string of the molecule is O=C1NC2=NCC=CCC2n2c1c(-c1ccccc1)s/c2=N\c1ccccc1. The van der Waals surface area contributed by atoms with E-state index in [2.05, 4.69) is 21.0 Å². The van der Waals surface area contributed by atoms with Gasteiger partial charge in [-0.15, -0.1) is 0 Å². The third-order valence-corrected chi connectivity index (χ3v) is 5.95. The predicted octanol–water partition coefficient (Wildman–Crippen LogP) is 4.09. The Labute approximate surface area is 166 Å². The van der Waals surface area contributed by atoms with Gasteiger partial charge in [-0.25, -0.2) is 4.99 Å². The number of nitrogens with zero attached hydrogens (tertiary/aromatic N) is 3. The molecule has 5 rings (SSSR count).